The molecule has 0 aliphatic carbocycles. The van der Waals surface area contributed by atoms with Crippen LogP contribution in [-0.4, -0.2) is 29.3 Å². The van der Waals surface area contributed by atoms with Gasteiger partial charge < -0.3 is 10.0 Å². The molecule has 1 aliphatic heterocycles. The molecule has 0 atom stereocenters. The summed E-state index contributed by atoms with van der Waals surface area (Å²) in [5.41, 5.74) is 2.10. The van der Waals surface area contributed by atoms with Gasteiger partial charge in [0.2, 0.25) is 0 Å². The molecule has 1 fully saturated rings. The normalized spacial score (nSPS) is 14.5. The first kappa shape index (κ1) is 15.0. The third kappa shape index (κ3) is 3.31. The Hall–Kier alpha value is -2.89. The first-order chi connectivity index (χ1) is 11.1. The quantitative estimate of drug-likeness (QED) is 0.531. The molecule has 0 aromatic heterocycles. The highest BCUT2D eigenvalue weighted by Crippen LogP contribution is 2.31. The Kier molecular flexibility index (Phi) is 4.23. The zero-order chi connectivity index (χ0) is 16.2. The maximum absolute atomic E-state index is 10.8. The largest absolute Gasteiger partial charge is 0.507 e. The number of hydrogen-bond acceptors (Lipinski definition) is 5. The van der Waals surface area contributed by atoms with Gasteiger partial charge in [-0.05, 0) is 31.0 Å². The SMILES string of the molecule is O=[N+]([O-])c1ccc(O)c(C=Nc2ccccc2N2CCCC2)c1. The highest BCUT2D eigenvalue weighted by atomic mass is 16.6. The Balaban J connectivity index is 1.91. The van der Waals surface area contributed by atoms with Crippen molar-refractivity contribution in [1.82, 2.24) is 0 Å². The lowest BCUT2D eigenvalue weighted by Crippen LogP contribution is -2.17. The van der Waals surface area contributed by atoms with Crippen LogP contribution in [0.4, 0.5) is 17.1 Å². The number of phenolic OH excluding ortho intramolecular Hbond substituents is 1. The summed E-state index contributed by atoms with van der Waals surface area (Å²) >= 11 is 0. The smallest absolute Gasteiger partial charge is 0.270 e. The molecule has 6 heteroatoms. The minimum absolute atomic E-state index is 0.0296. The van der Waals surface area contributed by atoms with E-state index < -0.39 is 4.92 Å². The van der Waals surface area contributed by atoms with E-state index >= 15 is 0 Å². The number of benzene rings is 2. The van der Waals surface area contributed by atoms with Crippen molar-refractivity contribution >= 4 is 23.3 Å². The molecule has 2 aromatic rings. The number of anilines is 1. The van der Waals surface area contributed by atoms with Gasteiger partial charge in [0.05, 0.1) is 16.3 Å². The summed E-state index contributed by atoms with van der Waals surface area (Å²) < 4.78 is 0. The van der Waals surface area contributed by atoms with E-state index in [2.05, 4.69) is 9.89 Å². The molecule has 118 valence electrons. The van der Waals surface area contributed by atoms with Gasteiger partial charge in [-0.15, -0.1) is 0 Å². The molecular weight excluding hydrogens is 294 g/mol. The maximum Gasteiger partial charge on any atom is 0.270 e. The van der Waals surface area contributed by atoms with Gasteiger partial charge in [-0.2, -0.15) is 0 Å². The van der Waals surface area contributed by atoms with Crippen LogP contribution in [-0.2, 0) is 0 Å². The molecule has 0 bridgehead atoms. The lowest BCUT2D eigenvalue weighted by atomic mass is 10.2. The molecule has 0 amide bonds. The number of para-hydroxylation sites is 2. The fourth-order valence-electron chi connectivity index (χ4n) is 2.70. The Labute approximate surface area is 133 Å². The molecule has 0 spiro atoms. The third-order valence-electron chi connectivity index (χ3n) is 3.89. The lowest BCUT2D eigenvalue weighted by molar-refractivity contribution is -0.384. The van der Waals surface area contributed by atoms with E-state index in [1.165, 1.54) is 37.3 Å². The standard InChI is InChI=1S/C17H17N3O3/c21-17-8-7-14(20(22)23)11-13(17)12-18-15-5-1-2-6-16(15)19-9-3-4-10-19/h1-2,5-8,11-12,21H,3-4,9-10H2. The van der Waals surface area contributed by atoms with E-state index in [-0.39, 0.29) is 11.4 Å². The van der Waals surface area contributed by atoms with Crippen LogP contribution < -0.4 is 4.90 Å². The lowest BCUT2D eigenvalue weighted by Gasteiger charge is -2.19. The van der Waals surface area contributed by atoms with Gasteiger partial charge in [-0.1, -0.05) is 12.1 Å². The number of nitro benzene ring substituents is 1. The molecule has 1 heterocycles. The minimum Gasteiger partial charge on any atom is -0.507 e. The van der Waals surface area contributed by atoms with Crippen LogP contribution >= 0.6 is 0 Å². The second-order valence-electron chi connectivity index (χ2n) is 5.44. The maximum atomic E-state index is 10.8. The van der Waals surface area contributed by atoms with Gasteiger partial charge in [-0.3, -0.25) is 15.1 Å². The van der Waals surface area contributed by atoms with Crippen molar-refractivity contribution in [2.24, 2.45) is 4.99 Å². The summed E-state index contributed by atoms with van der Waals surface area (Å²) in [6.45, 7) is 2.02. The number of nitro groups is 1. The molecule has 3 rings (SSSR count). The molecule has 0 unspecified atom stereocenters. The van der Waals surface area contributed by atoms with Crippen molar-refractivity contribution in [3.63, 3.8) is 0 Å². The molecule has 0 radical (unpaired) electrons. The van der Waals surface area contributed by atoms with Crippen LogP contribution in [0.5, 0.6) is 5.75 Å². The molecule has 6 nitrogen and oxygen atoms in total. The van der Waals surface area contributed by atoms with Crippen molar-refractivity contribution < 1.29 is 10.0 Å². The van der Waals surface area contributed by atoms with Crippen LogP contribution in [0.15, 0.2) is 47.5 Å². The Morgan fingerprint density at radius 1 is 1.17 bits per heavy atom. The highest BCUT2D eigenvalue weighted by Gasteiger charge is 2.15. The van der Waals surface area contributed by atoms with E-state index in [0.717, 1.165) is 24.5 Å². The topological polar surface area (TPSA) is 79.0 Å². The summed E-state index contributed by atoms with van der Waals surface area (Å²) in [6, 6.07) is 11.7. The second kappa shape index (κ2) is 6.48. The van der Waals surface area contributed by atoms with Gasteiger partial charge in [0.25, 0.3) is 5.69 Å². The number of aromatic hydroxyl groups is 1. The van der Waals surface area contributed by atoms with Crippen LogP contribution in [0.1, 0.15) is 18.4 Å². The predicted molar refractivity (Wildman–Crippen MR) is 89.9 cm³/mol. The summed E-state index contributed by atoms with van der Waals surface area (Å²) in [7, 11) is 0. The number of aliphatic imine (C=N–C) groups is 1. The van der Waals surface area contributed by atoms with Crippen LogP contribution in [0.25, 0.3) is 0 Å². The van der Waals surface area contributed by atoms with Crippen molar-refractivity contribution in [1.29, 1.82) is 0 Å². The molecule has 1 N–H and O–H groups in total. The fraction of sp³-hybridized carbons (Fsp3) is 0.235. The third-order valence-corrected chi connectivity index (χ3v) is 3.89. The number of hydrogen-bond donors (Lipinski definition) is 1. The van der Waals surface area contributed by atoms with Crippen molar-refractivity contribution in [3.05, 3.63) is 58.1 Å². The predicted octanol–water partition coefficient (Wildman–Crippen LogP) is 3.65. The molecule has 23 heavy (non-hydrogen) atoms. The van der Waals surface area contributed by atoms with E-state index in [4.69, 9.17) is 0 Å². The summed E-state index contributed by atoms with van der Waals surface area (Å²) in [6.07, 6.45) is 3.81. The average molecular weight is 311 g/mol. The minimum atomic E-state index is -0.491. The number of rotatable bonds is 4. The first-order valence-corrected chi connectivity index (χ1v) is 7.50. The summed E-state index contributed by atoms with van der Waals surface area (Å²) in [5.74, 6) is -0.0296. The van der Waals surface area contributed by atoms with Gasteiger partial charge in [-0.25, -0.2) is 0 Å². The monoisotopic (exact) mass is 311 g/mol. The Morgan fingerprint density at radius 3 is 2.65 bits per heavy atom. The molecule has 2 aromatic carbocycles. The van der Waals surface area contributed by atoms with Gasteiger partial charge in [0, 0.05) is 37.0 Å². The van der Waals surface area contributed by atoms with Crippen molar-refractivity contribution in [3.8, 4) is 5.75 Å². The van der Waals surface area contributed by atoms with Crippen LogP contribution in [0.2, 0.25) is 0 Å². The average Bonchev–Trinajstić information content (AvgIpc) is 3.08. The highest BCUT2D eigenvalue weighted by molar-refractivity contribution is 5.88. The number of phenols is 1. The van der Waals surface area contributed by atoms with Gasteiger partial charge in [0.15, 0.2) is 0 Å². The van der Waals surface area contributed by atoms with Gasteiger partial charge in [0.1, 0.15) is 5.75 Å². The second-order valence-corrected chi connectivity index (χ2v) is 5.44. The Morgan fingerprint density at radius 2 is 1.91 bits per heavy atom. The zero-order valence-electron chi connectivity index (χ0n) is 12.6. The number of nitrogens with zero attached hydrogens (tertiary/aromatic N) is 3. The van der Waals surface area contributed by atoms with Crippen LogP contribution in [0.3, 0.4) is 0 Å². The van der Waals surface area contributed by atoms with Crippen LogP contribution in [0, 0.1) is 10.1 Å². The van der Waals surface area contributed by atoms with E-state index in [9.17, 15) is 15.2 Å². The molecular formula is C17H17N3O3. The van der Waals surface area contributed by atoms with E-state index in [0.29, 0.717) is 5.56 Å². The Bertz CT molecular complexity index is 752. The van der Waals surface area contributed by atoms with E-state index in [1.807, 2.05) is 24.3 Å². The zero-order valence-corrected chi connectivity index (χ0v) is 12.6. The van der Waals surface area contributed by atoms with Gasteiger partial charge >= 0.3 is 0 Å². The summed E-state index contributed by atoms with van der Waals surface area (Å²) in [4.78, 5) is 17.1. The fourth-order valence-corrected chi connectivity index (χ4v) is 2.70. The van der Waals surface area contributed by atoms with E-state index in [1.54, 1.807) is 0 Å². The molecule has 1 saturated heterocycles. The molecule has 1 aliphatic rings. The van der Waals surface area contributed by atoms with Crippen molar-refractivity contribution in [2.45, 2.75) is 12.8 Å². The van der Waals surface area contributed by atoms with Crippen molar-refractivity contribution in [2.75, 3.05) is 18.0 Å². The first-order valence-electron chi connectivity index (χ1n) is 7.50. The number of non-ortho nitro benzene ring substituents is 1. The summed E-state index contributed by atoms with van der Waals surface area (Å²) in [5, 5.41) is 20.7. The molecule has 0 saturated carbocycles.